The van der Waals surface area contributed by atoms with Crippen molar-refractivity contribution in [2.75, 3.05) is 11.9 Å². The number of carbonyl (C=O) groups is 2. The second-order valence-electron chi connectivity index (χ2n) is 3.89. The number of aromatic nitrogens is 1. The van der Waals surface area contributed by atoms with Crippen LogP contribution in [-0.4, -0.2) is 33.7 Å². The molecular weight excluding hydrogens is 260 g/mol. The molecule has 0 aromatic carbocycles. The largest absolute Gasteiger partial charge is 0.478 e. The summed E-state index contributed by atoms with van der Waals surface area (Å²) in [6.07, 6.45) is 5.03. The van der Waals surface area contributed by atoms with E-state index in [0.717, 1.165) is 12.4 Å². The average molecular weight is 278 g/mol. The molecule has 0 saturated carbocycles. The molecule has 3 N–H and O–H groups in total. The van der Waals surface area contributed by atoms with Crippen molar-refractivity contribution < 1.29 is 19.8 Å². The number of hydrogen-bond donors (Lipinski definition) is 3. The Morgan fingerprint density at radius 3 is 2.20 bits per heavy atom. The molecule has 6 nitrogen and oxygen atoms in total. The number of pyridine rings is 1. The Morgan fingerprint density at radius 1 is 1.20 bits per heavy atom. The number of hydrogen-bond acceptors (Lipinski definition) is 4. The molecule has 1 aromatic rings. The van der Waals surface area contributed by atoms with Crippen molar-refractivity contribution in [3.8, 4) is 0 Å². The van der Waals surface area contributed by atoms with Gasteiger partial charge in [0.2, 0.25) is 0 Å². The fourth-order valence-corrected chi connectivity index (χ4v) is 0.970. The molecule has 0 spiro atoms. The number of aliphatic carboxylic acids is 2. The van der Waals surface area contributed by atoms with Gasteiger partial charge in [0.05, 0.1) is 0 Å². The maximum Gasteiger partial charge on any atom is 0.328 e. The third-order valence-electron chi connectivity index (χ3n) is 1.83. The zero-order valence-corrected chi connectivity index (χ0v) is 11.4. The van der Waals surface area contributed by atoms with Gasteiger partial charge in [-0.1, -0.05) is 17.7 Å². The zero-order valence-electron chi connectivity index (χ0n) is 11.4. The van der Waals surface area contributed by atoms with Crippen LogP contribution in [0.25, 0.3) is 0 Å². The van der Waals surface area contributed by atoms with Crippen molar-refractivity contribution in [2.24, 2.45) is 0 Å². The summed E-state index contributed by atoms with van der Waals surface area (Å²) in [6, 6.07) is 5.84. The van der Waals surface area contributed by atoms with Crippen LogP contribution in [0.15, 0.2) is 48.2 Å². The summed E-state index contributed by atoms with van der Waals surface area (Å²) in [5, 5.41) is 18.8. The molecule has 0 aliphatic rings. The third kappa shape index (κ3) is 11.8. The Hall–Kier alpha value is -2.63. The maximum atomic E-state index is 9.55. The van der Waals surface area contributed by atoms with Gasteiger partial charge in [0.1, 0.15) is 5.82 Å². The first-order chi connectivity index (χ1) is 9.41. The van der Waals surface area contributed by atoms with E-state index >= 15 is 0 Å². The van der Waals surface area contributed by atoms with Gasteiger partial charge in [-0.05, 0) is 26.0 Å². The number of nitrogens with one attached hydrogen (secondary N) is 1. The van der Waals surface area contributed by atoms with E-state index in [4.69, 9.17) is 10.2 Å². The van der Waals surface area contributed by atoms with Crippen LogP contribution in [0, 0.1) is 0 Å². The van der Waals surface area contributed by atoms with Gasteiger partial charge in [0.25, 0.3) is 0 Å². The SMILES string of the molecule is CC(C)=CCNc1ccccn1.O=C(O)/C=C/C(=O)O. The first-order valence-corrected chi connectivity index (χ1v) is 5.84. The molecule has 0 atom stereocenters. The number of carboxylic acids is 2. The average Bonchev–Trinajstić information content (AvgIpc) is 2.38. The van der Waals surface area contributed by atoms with Crippen LogP contribution >= 0.6 is 0 Å². The van der Waals surface area contributed by atoms with Gasteiger partial charge < -0.3 is 15.5 Å². The van der Waals surface area contributed by atoms with Crippen molar-refractivity contribution in [2.45, 2.75) is 13.8 Å². The van der Waals surface area contributed by atoms with Crippen LogP contribution in [0.5, 0.6) is 0 Å². The zero-order chi connectivity index (χ0) is 15.4. The molecule has 0 unspecified atom stereocenters. The highest BCUT2D eigenvalue weighted by Crippen LogP contribution is 1.99. The molecule has 0 bridgehead atoms. The number of nitrogens with zero attached hydrogens (tertiary/aromatic N) is 1. The first-order valence-electron chi connectivity index (χ1n) is 5.84. The van der Waals surface area contributed by atoms with Crippen LogP contribution in [-0.2, 0) is 9.59 Å². The summed E-state index contributed by atoms with van der Waals surface area (Å²) in [4.78, 5) is 23.2. The molecule has 0 aliphatic carbocycles. The molecule has 20 heavy (non-hydrogen) atoms. The first kappa shape index (κ1) is 17.4. The Balaban J connectivity index is 0.000000396. The maximum absolute atomic E-state index is 9.55. The van der Waals surface area contributed by atoms with E-state index in [2.05, 4.69) is 30.2 Å². The lowest BCUT2D eigenvalue weighted by atomic mass is 10.3. The smallest absolute Gasteiger partial charge is 0.328 e. The second kappa shape index (κ2) is 10.3. The van der Waals surface area contributed by atoms with Crippen LogP contribution in [0.2, 0.25) is 0 Å². The van der Waals surface area contributed by atoms with Crippen LogP contribution < -0.4 is 5.32 Å². The Kier molecular flexibility index (Phi) is 8.95. The number of carboxylic acid groups (broad SMARTS) is 2. The highest BCUT2D eigenvalue weighted by Gasteiger charge is 1.88. The predicted molar refractivity (Wildman–Crippen MR) is 76.6 cm³/mol. The molecule has 1 rings (SSSR count). The lowest BCUT2D eigenvalue weighted by Crippen LogP contribution is -1.99. The lowest BCUT2D eigenvalue weighted by molar-refractivity contribution is -0.134. The van der Waals surface area contributed by atoms with E-state index in [1.807, 2.05) is 18.2 Å². The predicted octanol–water partition coefficient (Wildman–Crippen LogP) is 2.17. The summed E-state index contributed by atoms with van der Waals surface area (Å²) < 4.78 is 0. The molecule has 1 heterocycles. The molecule has 0 aliphatic heterocycles. The second-order valence-corrected chi connectivity index (χ2v) is 3.89. The molecule has 0 amide bonds. The highest BCUT2D eigenvalue weighted by molar-refractivity contribution is 5.89. The molecule has 1 aromatic heterocycles. The summed E-state index contributed by atoms with van der Waals surface area (Å²) >= 11 is 0. The normalized spacial score (nSPS) is 9.30. The van der Waals surface area contributed by atoms with E-state index in [1.165, 1.54) is 5.57 Å². The van der Waals surface area contributed by atoms with Crippen molar-refractivity contribution in [3.63, 3.8) is 0 Å². The highest BCUT2D eigenvalue weighted by atomic mass is 16.4. The van der Waals surface area contributed by atoms with E-state index < -0.39 is 11.9 Å². The number of anilines is 1. The van der Waals surface area contributed by atoms with E-state index in [1.54, 1.807) is 6.20 Å². The van der Waals surface area contributed by atoms with Crippen molar-refractivity contribution in [3.05, 3.63) is 48.2 Å². The quantitative estimate of drug-likeness (QED) is 0.564. The Bertz CT molecular complexity index is 461. The monoisotopic (exact) mass is 278 g/mol. The number of allylic oxidation sites excluding steroid dienone is 1. The van der Waals surface area contributed by atoms with Gasteiger partial charge in [-0.3, -0.25) is 0 Å². The van der Waals surface area contributed by atoms with Crippen LogP contribution in [0.4, 0.5) is 5.82 Å². The summed E-state index contributed by atoms with van der Waals surface area (Å²) in [5.74, 6) is -1.59. The van der Waals surface area contributed by atoms with Crippen LogP contribution in [0.1, 0.15) is 13.8 Å². The molecule has 6 heteroatoms. The Morgan fingerprint density at radius 2 is 1.80 bits per heavy atom. The minimum atomic E-state index is -1.26. The molecule has 108 valence electrons. The van der Waals surface area contributed by atoms with Crippen molar-refractivity contribution >= 4 is 17.8 Å². The molecule has 0 radical (unpaired) electrons. The van der Waals surface area contributed by atoms with Crippen LogP contribution in [0.3, 0.4) is 0 Å². The standard InChI is InChI=1S/C10H14N2.C4H4O4/c1-9(2)6-8-12-10-5-3-4-7-11-10;5-3(6)1-2-4(7)8/h3-7H,8H2,1-2H3,(H,11,12);1-2H,(H,5,6)(H,7,8)/b;2-1+. The molecular formula is C14H18N2O4. The van der Waals surface area contributed by atoms with E-state index in [-0.39, 0.29) is 0 Å². The topological polar surface area (TPSA) is 99.5 Å². The van der Waals surface area contributed by atoms with E-state index in [0.29, 0.717) is 12.2 Å². The van der Waals surface area contributed by atoms with Gasteiger partial charge in [-0.25, -0.2) is 14.6 Å². The lowest BCUT2D eigenvalue weighted by Gasteiger charge is -2.00. The third-order valence-corrected chi connectivity index (χ3v) is 1.83. The summed E-state index contributed by atoms with van der Waals surface area (Å²) in [6.45, 7) is 5.01. The number of rotatable bonds is 5. The fourth-order valence-electron chi connectivity index (χ4n) is 0.970. The van der Waals surface area contributed by atoms with E-state index in [9.17, 15) is 9.59 Å². The summed E-state index contributed by atoms with van der Waals surface area (Å²) in [7, 11) is 0. The molecule has 0 saturated heterocycles. The van der Waals surface area contributed by atoms with Crippen molar-refractivity contribution in [1.82, 2.24) is 4.98 Å². The van der Waals surface area contributed by atoms with Gasteiger partial charge in [-0.2, -0.15) is 0 Å². The minimum Gasteiger partial charge on any atom is -0.478 e. The van der Waals surface area contributed by atoms with Crippen molar-refractivity contribution in [1.29, 1.82) is 0 Å². The summed E-state index contributed by atoms with van der Waals surface area (Å²) in [5.41, 5.74) is 1.32. The minimum absolute atomic E-state index is 0.558. The van der Waals surface area contributed by atoms with Gasteiger partial charge >= 0.3 is 11.9 Å². The van der Waals surface area contributed by atoms with Gasteiger partial charge in [-0.15, -0.1) is 0 Å². The van der Waals surface area contributed by atoms with Gasteiger partial charge in [0, 0.05) is 24.9 Å². The molecule has 0 fully saturated rings. The van der Waals surface area contributed by atoms with Gasteiger partial charge in [0.15, 0.2) is 0 Å². The fraction of sp³-hybridized carbons (Fsp3) is 0.214. The Labute approximate surface area is 117 Å².